The fourth-order valence-corrected chi connectivity index (χ4v) is 7.34. The van der Waals surface area contributed by atoms with Crippen molar-refractivity contribution in [2.24, 2.45) is 17.8 Å². The van der Waals surface area contributed by atoms with Gasteiger partial charge >= 0.3 is 6.03 Å². The number of carbonyl (C=O) groups is 2. The molecule has 0 radical (unpaired) electrons. The van der Waals surface area contributed by atoms with Gasteiger partial charge < -0.3 is 19.1 Å². The number of amides is 3. The molecule has 0 unspecified atom stereocenters. The van der Waals surface area contributed by atoms with Gasteiger partial charge in [0.15, 0.2) is 5.76 Å². The van der Waals surface area contributed by atoms with Crippen LogP contribution in [0, 0.1) is 29.1 Å². The standard InChI is InChI=1S/C26H32N6O4/c1-16(22(33)29-25(34)30-26-12-17-9-18(13-26)11-19(10-17)14-26)31-4-6-32(7-5-31)24-20(15-27)28-23(36-24)21-3-2-8-35-21/h2-3,8,16-19H,4-7,9-14H2,1H3,(H2,29,30,33,34)/t16-,17?,18?,19?,26?/m0/s1. The predicted octanol–water partition coefficient (Wildman–Crippen LogP) is 3.11. The zero-order valence-electron chi connectivity index (χ0n) is 20.5. The molecule has 1 saturated heterocycles. The first kappa shape index (κ1) is 23.1. The van der Waals surface area contributed by atoms with Crippen LogP contribution in [0.3, 0.4) is 0 Å². The Labute approximate surface area is 210 Å². The Morgan fingerprint density at radius 3 is 2.39 bits per heavy atom. The maximum absolute atomic E-state index is 12.9. The topological polar surface area (TPSA) is 128 Å². The lowest BCUT2D eigenvalue weighted by atomic mass is 9.53. The quantitative estimate of drug-likeness (QED) is 0.652. The van der Waals surface area contributed by atoms with E-state index in [1.807, 2.05) is 16.7 Å². The van der Waals surface area contributed by atoms with Crippen LogP contribution in [-0.2, 0) is 4.79 Å². The number of anilines is 1. The SMILES string of the molecule is C[C@@H](C(=O)NC(=O)NC12CC3CC(CC(C3)C1)C2)N1CCN(c2oc(-c3ccco3)nc2C#N)CC1. The van der Waals surface area contributed by atoms with Crippen LogP contribution in [0.25, 0.3) is 11.7 Å². The predicted molar refractivity (Wildman–Crippen MR) is 130 cm³/mol. The number of hydrogen-bond acceptors (Lipinski definition) is 8. The van der Waals surface area contributed by atoms with E-state index in [2.05, 4.69) is 21.7 Å². The van der Waals surface area contributed by atoms with Crippen LogP contribution in [0.15, 0.2) is 27.2 Å². The minimum absolute atomic E-state index is 0.127. The lowest BCUT2D eigenvalue weighted by Crippen LogP contribution is -2.63. The third-order valence-corrected chi connectivity index (χ3v) is 8.63. The van der Waals surface area contributed by atoms with Crippen LogP contribution < -0.4 is 15.5 Å². The van der Waals surface area contributed by atoms with Crippen LogP contribution >= 0.6 is 0 Å². The molecule has 0 spiro atoms. The van der Waals surface area contributed by atoms with E-state index in [0.29, 0.717) is 37.8 Å². The van der Waals surface area contributed by atoms with Crippen molar-refractivity contribution in [2.75, 3.05) is 31.1 Å². The third kappa shape index (κ3) is 4.26. The fraction of sp³-hybridized carbons (Fsp3) is 0.615. The van der Waals surface area contributed by atoms with E-state index in [0.717, 1.165) is 37.0 Å². The molecule has 2 aromatic rings. The number of piperazine rings is 1. The molecule has 10 heteroatoms. The molecule has 4 bridgehead atoms. The number of hydrogen-bond donors (Lipinski definition) is 2. The van der Waals surface area contributed by atoms with Gasteiger partial charge in [-0.05, 0) is 75.3 Å². The summed E-state index contributed by atoms with van der Waals surface area (Å²) in [4.78, 5) is 34.0. The Balaban J connectivity index is 1.03. The lowest BCUT2D eigenvalue weighted by Gasteiger charge is -2.56. The van der Waals surface area contributed by atoms with Crippen LogP contribution in [0.1, 0.15) is 51.1 Å². The molecule has 2 aromatic heterocycles. The fourth-order valence-electron chi connectivity index (χ4n) is 7.34. The molecule has 0 aromatic carbocycles. The van der Waals surface area contributed by atoms with Gasteiger partial charge in [-0.1, -0.05) is 0 Å². The van der Waals surface area contributed by atoms with Crippen molar-refractivity contribution < 1.29 is 18.4 Å². The number of carbonyl (C=O) groups excluding carboxylic acids is 2. The summed E-state index contributed by atoms with van der Waals surface area (Å²) in [5.74, 6) is 3.04. The van der Waals surface area contributed by atoms with Gasteiger partial charge in [-0.2, -0.15) is 10.2 Å². The van der Waals surface area contributed by atoms with Crippen molar-refractivity contribution in [2.45, 2.75) is 57.0 Å². The van der Waals surface area contributed by atoms with E-state index >= 15 is 0 Å². The molecule has 4 saturated carbocycles. The molecule has 10 nitrogen and oxygen atoms in total. The Morgan fingerprint density at radius 1 is 1.14 bits per heavy atom. The number of aromatic nitrogens is 1. The second-order valence-corrected chi connectivity index (χ2v) is 11.1. The van der Waals surface area contributed by atoms with Gasteiger partial charge in [-0.15, -0.1) is 0 Å². The minimum Gasteiger partial charge on any atom is -0.459 e. The number of nitriles is 1. The van der Waals surface area contributed by atoms with E-state index in [9.17, 15) is 14.9 Å². The third-order valence-electron chi connectivity index (χ3n) is 8.63. The first-order chi connectivity index (χ1) is 17.4. The zero-order valence-corrected chi connectivity index (χ0v) is 20.5. The van der Waals surface area contributed by atoms with Gasteiger partial charge in [0.05, 0.1) is 12.3 Å². The highest BCUT2D eigenvalue weighted by atomic mass is 16.4. The lowest BCUT2D eigenvalue weighted by molar-refractivity contribution is -0.125. The van der Waals surface area contributed by atoms with Crippen LogP contribution in [0.4, 0.5) is 10.7 Å². The molecule has 3 amide bonds. The van der Waals surface area contributed by atoms with Gasteiger partial charge in [0.2, 0.25) is 17.5 Å². The van der Waals surface area contributed by atoms with Crippen LogP contribution in [0.2, 0.25) is 0 Å². The average molecular weight is 493 g/mol. The van der Waals surface area contributed by atoms with Gasteiger partial charge in [0.25, 0.3) is 5.89 Å². The molecule has 4 aliphatic carbocycles. The summed E-state index contributed by atoms with van der Waals surface area (Å²) in [6.07, 6.45) is 8.58. The zero-order chi connectivity index (χ0) is 24.9. The number of furan rings is 1. The van der Waals surface area contributed by atoms with Crippen molar-refractivity contribution in [1.82, 2.24) is 20.5 Å². The van der Waals surface area contributed by atoms with E-state index in [1.54, 1.807) is 12.1 Å². The maximum Gasteiger partial charge on any atom is 0.321 e. The first-order valence-corrected chi connectivity index (χ1v) is 13.0. The number of urea groups is 1. The molecular formula is C26H32N6O4. The molecular weight excluding hydrogens is 460 g/mol. The molecule has 7 rings (SSSR count). The van der Waals surface area contributed by atoms with Crippen molar-refractivity contribution in [1.29, 1.82) is 5.26 Å². The number of oxazole rings is 1. The summed E-state index contributed by atoms with van der Waals surface area (Å²) in [7, 11) is 0. The van der Waals surface area contributed by atoms with Gasteiger partial charge in [-0.25, -0.2) is 4.79 Å². The largest absolute Gasteiger partial charge is 0.459 e. The van der Waals surface area contributed by atoms with E-state index in [4.69, 9.17) is 8.83 Å². The van der Waals surface area contributed by atoms with Crippen molar-refractivity contribution in [3.8, 4) is 17.7 Å². The molecule has 1 atom stereocenters. The van der Waals surface area contributed by atoms with E-state index in [1.165, 1.54) is 25.5 Å². The minimum atomic E-state index is -0.446. The second-order valence-electron chi connectivity index (χ2n) is 11.1. The second kappa shape index (κ2) is 8.96. The van der Waals surface area contributed by atoms with Crippen LogP contribution in [0.5, 0.6) is 0 Å². The first-order valence-electron chi connectivity index (χ1n) is 13.0. The average Bonchev–Trinajstić information content (AvgIpc) is 3.52. The molecule has 190 valence electrons. The van der Waals surface area contributed by atoms with Gasteiger partial charge in [-0.3, -0.25) is 15.0 Å². The Kier molecular flexibility index (Phi) is 5.75. The molecule has 3 heterocycles. The highest BCUT2D eigenvalue weighted by molar-refractivity contribution is 5.97. The molecule has 5 aliphatic rings. The Morgan fingerprint density at radius 2 is 1.81 bits per heavy atom. The summed E-state index contributed by atoms with van der Waals surface area (Å²) < 4.78 is 11.2. The molecule has 5 fully saturated rings. The van der Waals surface area contributed by atoms with Crippen molar-refractivity contribution in [3.63, 3.8) is 0 Å². The highest BCUT2D eigenvalue weighted by Gasteiger charge is 2.51. The molecule has 2 N–H and O–H groups in total. The maximum atomic E-state index is 12.9. The molecule has 36 heavy (non-hydrogen) atoms. The Hall–Kier alpha value is -3.32. The van der Waals surface area contributed by atoms with Crippen molar-refractivity contribution in [3.05, 3.63) is 24.1 Å². The summed E-state index contributed by atoms with van der Waals surface area (Å²) >= 11 is 0. The number of nitrogens with zero attached hydrogens (tertiary/aromatic N) is 4. The summed E-state index contributed by atoms with van der Waals surface area (Å²) in [5, 5.41) is 15.3. The van der Waals surface area contributed by atoms with Gasteiger partial charge in [0, 0.05) is 31.7 Å². The monoisotopic (exact) mass is 492 g/mol. The number of imide groups is 1. The molecule has 1 aliphatic heterocycles. The summed E-state index contributed by atoms with van der Waals surface area (Å²) in [6.45, 7) is 4.14. The number of nitrogens with one attached hydrogen (secondary N) is 2. The van der Waals surface area contributed by atoms with Gasteiger partial charge in [0.1, 0.15) is 6.07 Å². The van der Waals surface area contributed by atoms with E-state index in [-0.39, 0.29) is 29.1 Å². The normalized spacial score (nSPS) is 30.1. The Bertz CT molecular complexity index is 1140. The van der Waals surface area contributed by atoms with Crippen LogP contribution in [-0.4, -0.2) is 59.6 Å². The summed E-state index contributed by atoms with van der Waals surface area (Å²) in [6, 6.07) is 4.75. The highest BCUT2D eigenvalue weighted by Crippen LogP contribution is 2.55. The number of rotatable bonds is 5. The van der Waals surface area contributed by atoms with Crippen molar-refractivity contribution >= 4 is 17.8 Å². The van der Waals surface area contributed by atoms with E-state index < -0.39 is 6.04 Å². The smallest absolute Gasteiger partial charge is 0.321 e. The summed E-state index contributed by atoms with van der Waals surface area (Å²) in [5.41, 5.74) is 0.0832.